The Labute approximate surface area is 85.7 Å². The summed E-state index contributed by atoms with van der Waals surface area (Å²) in [6, 6.07) is 5.19. The normalized spacial score (nSPS) is 26.1. The monoisotopic (exact) mass is 193 g/mol. The third kappa shape index (κ3) is 2.18. The first-order valence-corrected chi connectivity index (χ1v) is 5.36. The summed E-state index contributed by atoms with van der Waals surface area (Å²) in [6.07, 6.45) is 4.03. The fourth-order valence-electron chi connectivity index (χ4n) is 1.88. The zero-order valence-electron chi connectivity index (χ0n) is 9.21. The molecular formula is C12H19NO. The van der Waals surface area contributed by atoms with Crippen LogP contribution in [-0.2, 0) is 6.42 Å². The molecule has 2 atom stereocenters. The van der Waals surface area contributed by atoms with Crippen LogP contribution in [0.4, 0.5) is 0 Å². The van der Waals surface area contributed by atoms with E-state index < -0.39 is 0 Å². The first-order chi connectivity index (χ1) is 6.58. The summed E-state index contributed by atoms with van der Waals surface area (Å²) in [6.45, 7) is 6.84. The third-order valence-corrected chi connectivity index (χ3v) is 3.09. The predicted octanol–water partition coefficient (Wildman–Crippen LogP) is 2.60. The summed E-state index contributed by atoms with van der Waals surface area (Å²) < 4.78 is 5.32. The molecule has 0 radical (unpaired) electrons. The molecule has 1 aliphatic carbocycles. The molecule has 0 bridgehead atoms. The van der Waals surface area contributed by atoms with Crippen LogP contribution in [0.1, 0.15) is 33.0 Å². The second-order valence-corrected chi connectivity index (χ2v) is 5.10. The van der Waals surface area contributed by atoms with Crippen LogP contribution in [0, 0.1) is 5.41 Å². The summed E-state index contributed by atoms with van der Waals surface area (Å²) >= 11 is 0. The van der Waals surface area contributed by atoms with Crippen LogP contribution in [0.3, 0.4) is 0 Å². The predicted molar refractivity (Wildman–Crippen MR) is 57.2 cm³/mol. The van der Waals surface area contributed by atoms with E-state index in [1.54, 1.807) is 6.26 Å². The van der Waals surface area contributed by atoms with E-state index in [2.05, 4.69) is 26.1 Å². The highest BCUT2D eigenvalue weighted by atomic mass is 16.3. The van der Waals surface area contributed by atoms with Crippen molar-refractivity contribution in [2.75, 3.05) is 0 Å². The third-order valence-electron chi connectivity index (χ3n) is 3.09. The second-order valence-electron chi connectivity index (χ2n) is 5.10. The number of furan rings is 1. The Morgan fingerprint density at radius 2 is 2.36 bits per heavy atom. The SMILES string of the molecule is CC(Cc1ccco1)NC1CC1(C)C. The van der Waals surface area contributed by atoms with Crippen LogP contribution in [0.15, 0.2) is 22.8 Å². The average molecular weight is 193 g/mol. The smallest absolute Gasteiger partial charge is 0.105 e. The van der Waals surface area contributed by atoms with Gasteiger partial charge < -0.3 is 9.73 Å². The van der Waals surface area contributed by atoms with Gasteiger partial charge in [0.2, 0.25) is 0 Å². The van der Waals surface area contributed by atoms with Crippen molar-refractivity contribution in [3.8, 4) is 0 Å². The molecule has 2 rings (SSSR count). The minimum Gasteiger partial charge on any atom is -0.469 e. The van der Waals surface area contributed by atoms with Gasteiger partial charge in [0.25, 0.3) is 0 Å². The van der Waals surface area contributed by atoms with Crippen LogP contribution >= 0.6 is 0 Å². The summed E-state index contributed by atoms with van der Waals surface area (Å²) in [7, 11) is 0. The van der Waals surface area contributed by atoms with Crippen LogP contribution in [0.5, 0.6) is 0 Å². The molecule has 14 heavy (non-hydrogen) atoms. The van der Waals surface area contributed by atoms with E-state index in [0.29, 0.717) is 17.5 Å². The van der Waals surface area contributed by atoms with Crippen molar-refractivity contribution in [2.45, 2.75) is 45.7 Å². The Morgan fingerprint density at radius 3 is 2.86 bits per heavy atom. The van der Waals surface area contributed by atoms with Crippen molar-refractivity contribution >= 4 is 0 Å². The molecule has 1 heterocycles. The molecule has 2 nitrogen and oxygen atoms in total. The maximum atomic E-state index is 5.32. The van der Waals surface area contributed by atoms with E-state index in [1.165, 1.54) is 6.42 Å². The van der Waals surface area contributed by atoms with Gasteiger partial charge in [-0.15, -0.1) is 0 Å². The molecule has 1 aromatic heterocycles. The summed E-state index contributed by atoms with van der Waals surface area (Å²) in [5.41, 5.74) is 0.511. The van der Waals surface area contributed by atoms with Gasteiger partial charge in [0, 0.05) is 18.5 Å². The molecule has 1 fully saturated rings. The van der Waals surface area contributed by atoms with Crippen LogP contribution in [0.25, 0.3) is 0 Å². The van der Waals surface area contributed by atoms with Gasteiger partial charge in [-0.05, 0) is 30.9 Å². The highest BCUT2D eigenvalue weighted by Gasteiger charge is 2.45. The van der Waals surface area contributed by atoms with Crippen LogP contribution in [-0.4, -0.2) is 12.1 Å². The fraction of sp³-hybridized carbons (Fsp3) is 0.667. The van der Waals surface area contributed by atoms with Gasteiger partial charge >= 0.3 is 0 Å². The zero-order chi connectivity index (χ0) is 10.2. The zero-order valence-corrected chi connectivity index (χ0v) is 9.21. The summed E-state index contributed by atoms with van der Waals surface area (Å²) in [5, 5.41) is 3.62. The average Bonchev–Trinajstić information content (AvgIpc) is 2.49. The highest BCUT2D eigenvalue weighted by Crippen LogP contribution is 2.44. The molecule has 0 saturated heterocycles. The summed E-state index contributed by atoms with van der Waals surface area (Å²) in [4.78, 5) is 0. The Kier molecular flexibility index (Phi) is 2.40. The molecule has 1 N–H and O–H groups in total. The van der Waals surface area contributed by atoms with Gasteiger partial charge in [-0.1, -0.05) is 13.8 Å². The molecule has 0 aliphatic heterocycles. The number of nitrogens with one attached hydrogen (secondary N) is 1. The molecule has 2 heteroatoms. The second kappa shape index (κ2) is 3.43. The van der Waals surface area contributed by atoms with Gasteiger partial charge in [-0.2, -0.15) is 0 Å². The van der Waals surface area contributed by atoms with E-state index >= 15 is 0 Å². The lowest BCUT2D eigenvalue weighted by atomic mass is 10.1. The lowest BCUT2D eigenvalue weighted by Gasteiger charge is -2.13. The minimum atomic E-state index is 0.507. The molecule has 0 aromatic carbocycles. The largest absolute Gasteiger partial charge is 0.469 e. The van der Waals surface area contributed by atoms with Gasteiger partial charge in [0.05, 0.1) is 6.26 Å². The van der Waals surface area contributed by atoms with Crippen LogP contribution in [0.2, 0.25) is 0 Å². The van der Waals surface area contributed by atoms with Crippen molar-refractivity contribution < 1.29 is 4.42 Å². The molecule has 0 amide bonds. The van der Waals surface area contributed by atoms with Crippen molar-refractivity contribution in [2.24, 2.45) is 5.41 Å². The molecule has 1 saturated carbocycles. The minimum absolute atomic E-state index is 0.507. The standard InChI is InChI=1S/C12H19NO/c1-9(7-10-5-4-6-14-10)13-11-8-12(11,2)3/h4-6,9,11,13H,7-8H2,1-3H3. The molecule has 2 unspecified atom stereocenters. The molecule has 78 valence electrons. The van der Waals surface area contributed by atoms with Crippen molar-refractivity contribution in [3.63, 3.8) is 0 Å². The molecule has 0 spiro atoms. The van der Waals surface area contributed by atoms with Gasteiger partial charge in [0.15, 0.2) is 0 Å². The molecule has 1 aliphatic rings. The van der Waals surface area contributed by atoms with Gasteiger partial charge in [-0.25, -0.2) is 0 Å². The van der Waals surface area contributed by atoms with Crippen molar-refractivity contribution in [1.82, 2.24) is 5.32 Å². The summed E-state index contributed by atoms with van der Waals surface area (Å²) in [5.74, 6) is 1.07. The quantitative estimate of drug-likeness (QED) is 0.795. The van der Waals surface area contributed by atoms with Crippen molar-refractivity contribution in [3.05, 3.63) is 24.2 Å². The number of hydrogen-bond acceptors (Lipinski definition) is 2. The van der Waals surface area contributed by atoms with Crippen molar-refractivity contribution in [1.29, 1.82) is 0 Å². The van der Waals surface area contributed by atoms with E-state index in [1.807, 2.05) is 12.1 Å². The van der Waals surface area contributed by atoms with E-state index in [4.69, 9.17) is 4.42 Å². The number of rotatable bonds is 4. The Hall–Kier alpha value is -0.760. The maximum Gasteiger partial charge on any atom is 0.105 e. The lowest BCUT2D eigenvalue weighted by molar-refractivity contribution is 0.434. The van der Waals surface area contributed by atoms with E-state index in [-0.39, 0.29) is 0 Å². The lowest BCUT2D eigenvalue weighted by Crippen LogP contribution is -2.32. The fourth-order valence-corrected chi connectivity index (χ4v) is 1.88. The van der Waals surface area contributed by atoms with Gasteiger partial charge in [-0.3, -0.25) is 0 Å². The van der Waals surface area contributed by atoms with Gasteiger partial charge in [0.1, 0.15) is 5.76 Å². The highest BCUT2D eigenvalue weighted by molar-refractivity contribution is 5.05. The first kappa shape index (κ1) is 9.78. The maximum absolute atomic E-state index is 5.32. The number of hydrogen-bond donors (Lipinski definition) is 1. The molecule has 1 aromatic rings. The van der Waals surface area contributed by atoms with Crippen LogP contribution < -0.4 is 5.32 Å². The van der Waals surface area contributed by atoms with E-state index in [0.717, 1.165) is 12.2 Å². The van der Waals surface area contributed by atoms with E-state index in [9.17, 15) is 0 Å². The first-order valence-electron chi connectivity index (χ1n) is 5.36. The topological polar surface area (TPSA) is 25.2 Å². The molecular weight excluding hydrogens is 174 g/mol. The Balaban J connectivity index is 1.77. The Bertz CT molecular complexity index is 289. The Morgan fingerprint density at radius 1 is 1.64 bits per heavy atom.